The molecule has 1 fully saturated rings. The molecule has 0 saturated carbocycles. The molecule has 192 valence electrons. The van der Waals surface area contributed by atoms with E-state index in [1.807, 2.05) is 0 Å². The largest absolute Gasteiger partial charge is 0.389 e. The lowest BCUT2D eigenvalue weighted by Crippen LogP contribution is -2.25. The van der Waals surface area contributed by atoms with Gasteiger partial charge in [-0.3, -0.25) is 10.1 Å². The lowest BCUT2D eigenvalue weighted by atomic mass is 10.1. The van der Waals surface area contributed by atoms with Gasteiger partial charge in [-0.1, -0.05) is 28.6 Å². The molecule has 4 rings (SSSR count). The van der Waals surface area contributed by atoms with Crippen molar-refractivity contribution in [3.05, 3.63) is 36.0 Å². The molecule has 0 aliphatic carbocycles. The van der Waals surface area contributed by atoms with Gasteiger partial charge in [-0.05, 0) is 18.6 Å². The van der Waals surface area contributed by atoms with Crippen LogP contribution in [0.1, 0.15) is 18.4 Å². The van der Waals surface area contributed by atoms with Gasteiger partial charge in [-0.15, -0.1) is 0 Å². The topological polar surface area (TPSA) is 154 Å². The highest BCUT2D eigenvalue weighted by Gasteiger charge is 2.22. The van der Waals surface area contributed by atoms with Crippen LogP contribution in [-0.2, 0) is 28.9 Å². The predicted octanol–water partition coefficient (Wildman–Crippen LogP) is 2.09. The molecule has 3 heterocycles. The Morgan fingerprint density at radius 3 is 2.78 bits per heavy atom. The van der Waals surface area contributed by atoms with Gasteiger partial charge in [0, 0.05) is 32.7 Å². The fourth-order valence-corrected chi connectivity index (χ4v) is 5.41. The number of oxime groups is 1. The summed E-state index contributed by atoms with van der Waals surface area (Å²) in [6, 6.07) is 5.95. The molecule has 2 N–H and O–H groups in total. The zero-order chi connectivity index (χ0) is 25.5. The number of rotatable bonds is 11. The molecular formula is C22H26N6O6S2. The number of hydrogen-bond acceptors (Lipinski definition) is 12. The number of sulfone groups is 1. The summed E-state index contributed by atoms with van der Waals surface area (Å²) in [5.41, 5.74) is 0.758. The van der Waals surface area contributed by atoms with Crippen LogP contribution in [0.4, 0.5) is 10.9 Å². The van der Waals surface area contributed by atoms with E-state index in [2.05, 4.69) is 30.7 Å². The lowest BCUT2D eigenvalue weighted by Gasteiger charge is -2.10. The zero-order valence-electron chi connectivity index (χ0n) is 19.8. The van der Waals surface area contributed by atoms with Crippen LogP contribution in [0, 0.1) is 0 Å². The third-order valence-corrected chi connectivity index (χ3v) is 7.91. The van der Waals surface area contributed by atoms with Crippen LogP contribution in [0.25, 0.3) is 10.5 Å². The molecule has 1 aliphatic rings. The van der Waals surface area contributed by atoms with Gasteiger partial charge in [0.25, 0.3) is 5.91 Å². The molecular weight excluding hydrogens is 508 g/mol. The second-order valence-electron chi connectivity index (χ2n) is 7.83. The molecule has 1 aromatic carbocycles. The number of hydrogen-bond donors (Lipinski definition) is 2. The number of carbonyl (C=O) groups excluding carboxylic acids is 1. The van der Waals surface area contributed by atoms with E-state index in [1.54, 1.807) is 13.2 Å². The van der Waals surface area contributed by atoms with Crippen molar-refractivity contribution < 1.29 is 27.5 Å². The summed E-state index contributed by atoms with van der Waals surface area (Å²) in [6.45, 7) is 1.28. The minimum absolute atomic E-state index is 0.0266. The first-order valence-corrected chi connectivity index (χ1v) is 13.6. The Kier molecular flexibility index (Phi) is 8.40. The van der Waals surface area contributed by atoms with E-state index in [0.717, 1.165) is 11.3 Å². The number of amides is 1. The fourth-order valence-electron chi connectivity index (χ4n) is 3.33. The summed E-state index contributed by atoms with van der Waals surface area (Å²) < 4.78 is 35.4. The SMILES string of the molecule is CNc1cnc2nc(NC(=O)C(=NO[C@@H]3CCOC3)c3ccc(S(=O)(=O)CCCOC)cc3)sc2n1. The number of benzene rings is 1. The molecule has 1 saturated heterocycles. The molecule has 1 amide bonds. The van der Waals surface area contributed by atoms with Crippen molar-refractivity contribution in [3.8, 4) is 0 Å². The number of ether oxygens (including phenoxy) is 2. The molecule has 2 aromatic heterocycles. The van der Waals surface area contributed by atoms with Crippen molar-refractivity contribution in [2.75, 3.05) is 50.4 Å². The number of thiazole rings is 1. The second-order valence-corrected chi connectivity index (χ2v) is 10.9. The van der Waals surface area contributed by atoms with E-state index < -0.39 is 15.7 Å². The van der Waals surface area contributed by atoms with Crippen molar-refractivity contribution in [3.63, 3.8) is 0 Å². The lowest BCUT2D eigenvalue weighted by molar-refractivity contribution is -0.110. The average molecular weight is 535 g/mol. The van der Waals surface area contributed by atoms with Crippen molar-refractivity contribution in [1.29, 1.82) is 0 Å². The first kappa shape index (κ1) is 25.9. The van der Waals surface area contributed by atoms with Crippen molar-refractivity contribution in [1.82, 2.24) is 15.0 Å². The Hall–Kier alpha value is -3.20. The first-order valence-electron chi connectivity index (χ1n) is 11.2. The highest BCUT2D eigenvalue weighted by molar-refractivity contribution is 7.91. The van der Waals surface area contributed by atoms with E-state index in [4.69, 9.17) is 14.3 Å². The monoisotopic (exact) mass is 534 g/mol. The van der Waals surface area contributed by atoms with Gasteiger partial charge in [-0.2, -0.15) is 4.98 Å². The van der Waals surface area contributed by atoms with Crippen molar-refractivity contribution >= 4 is 54.2 Å². The Morgan fingerprint density at radius 2 is 2.08 bits per heavy atom. The first-order chi connectivity index (χ1) is 17.4. The van der Waals surface area contributed by atoms with E-state index >= 15 is 0 Å². The molecule has 0 bridgehead atoms. The molecule has 0 unspecified atom stereocenters. The predicted molar refractivity (Wildman–Crippen MR) is 135 cm³/mol. The number of methoxy groups -OCH3 is 1. The van der Waals surface area contributed by atoms with Crippen LogP contribution in [0.15, 0.2) is 40.5 Å². The second kappa shape index (κ2) is 11.7. The third kappa shape index (κ3) is 6.32. The molecule has 3 aromatic rings. The molecule has 12 nitrogen and oxygen atoms in total. The maximum Gasteiger partial charge on any atom is 0.280 e. The molecule has 1 atom stereocenters. The van der Waals surface area contributed by atoms with Crippen LogP contribution >= 0.6 is 11.3 Å². The minimum Gasteiger partial charge on any atom is -0.389 e. The third-order valence-electron chi connectivity index (χ3n) is 5.24. The van der Waals surface area contributed by atoms with Crippen LogP contribution in [0.3, 0.4) is 0 Å². The summed E-state index contributed by atoms with van der Waals surface area (Å²) in [5.74, 6) is -0.0327. The van der Waals surface area contributed by atoms with E-state index in [9.17, 15) is 13.2 Å². The van der Waals surface area contributed by atoms with Crippen molar-refractivity contribution in [2.45, 2.75) is 23.8 Å². The van der Waals surface area contributed by atoms with Gasteiger partial charge in [0.1, 0.15) is 5.82 Å². The summed E-state index contributed by atoms with van der Waals surface area (Å²) in [7, 11) is -0.233. The minimum atomic E-state index is -3.49. The number of aromatic nitrogens is 3. The Morgan fingerprint density at radius 1 is 1.28 bits per heavy atom. The number of nitrogens with one attached hydrogen (secondary N) is 2. The molecule has 1 aliphatic heterocycles. The standard InChI is InChI=1S/C22H26N6O6S2/c1-23-17-12-24-19-21(25-17)35-22(26-19)27-20(29)18(28-34-15-8-10-33-13-15)14-4-6-16(7-5-14)36(30,31)11-3-9-32-2/h4-7,12,15H,3,8-11,13H2,1-2H3,(H,23,25)(H,24,26,27,29)/t15-/m1/s1. The summed E-state index contributed by atoms with van der Waals surface area (Å²) >= 11 is 1.16. The van der Waals surface area contributed by atoms with Gasteiger partial charge in [-0.25, -0.2) is 18.4 Å². The van der Waals surface area contributed by atoms with E-state index in [1.165, 1.54) is 31.4 Å². The summed E-state index contributed by atoms with van der Waals surface area (Å²) in [4.78, 5) is 32.3. The Balaban J connectivity index is 1.56. The maximum atomic E-state index is 13.2. The summed E-state index contributed by atoms with van der Waals surface area (Å²) in [6.07, 6.45) is 2.31. The van der Waals surface area contributed by atoms with Crippen LogP contribution < -0.4 is 10.6 Å². The van der Waals surface area contributed by atoms with Gasteiger partial charge >= 0.3 is 0 Å². The Bertz CT molecular complexity index is 1340. The molecule has 14 heteroatoms. The fraction of sp³-hybridized carbons (Fsp3) is 0.409. The number of fused-ring (bicyclic) bond motifs is 1. The smallest absolute Gasteiger partial charge is 0.280 e. The van der Waals surface area contributed by atoms with Crippen molar-refractivity contribution in [2.24, 2.45) is 5.16 Å². The van der Waals surface area contributed by atoms with Crippen LogP contribution in [0.5, 0.6) is 0 Å². The quantitative estimate of drug-likeness (QED) is 0.212. The highest BCUT2D eigenvalue weighted by atomic mass is 32.2. The number of carbonyl (C=O) groups is 1. The van der Waals surface area contributed by atoms with E-state index in [0.29, 0.717) is 54.5 Å². The van der Waals surface area contributed by atoms with E-state index in [-0.39, 0.29) is 27.6 Å². The number of anilines is 2. The molecule has 0 radical (unpaired) electrons. The van der Waals surface area contributed by atoms with Gasteiger partial charge in [0.2, 0.25) is 0 Å². The van der Waals surface area contributed by atoms with Gasteiger partial charge in [0.15, 0.2) is 37.3 Å². The Labute approximate surface area is 212 Å². The summed E-state index contributed by atoms with van der Waals surface area (Å²) in [5, 5.41) is 10.0. The highest BCUT2D eigenvalue weighted by Crippen LogP contribution is 2.24. The van der Waals surface area contributed by atoms with Crippen LogP contribution in [-0.4, -0.2) is 80.8 Å². The normalized spacial score (nSPS) is 16.3. The average Bonchev–Trinajstić information content (AvgIpc) is 3.53. The molecule has 0 spiro atoms. The zero-order valence-corrected chi connectivity index (χ0v) is 21.4. The van der Waals surface area contributed by atoms with Gasteiger partial charge in [0.05, 0.1) is 30.1 Å². The molecule has 36 heavy (non-hydrogen) atoms. The van der Waals surface area contributed by atoms with Gasteiger partial charge < -0.3 is 19.6 Å². The maximum absolute atomic E-state index is 13.2. The van der Waals surface area contributed by atoms with Crippen LogP contribution in [0.2, 0.25) is 0 Å². The number of nitrogens with zero attached hydrogens (tertiary/aromatic N) is 4.